The number of nitrogens with zero attached hydrogens (tertiary/aromatic N) is 2. The molecule has 1 aliphatic carbocycles. The highest BCUT2D eigenvalue weighted by Crippen LogP contribution is 2.38. The molecule has 0 radical (unpaired) electrons. The van der Waals surface area contributed by atoms with Crippen molar-refractivity contribution in [2.24, 2.45) is 11.8 Å². The number of nitrogens with one attached hydrogen (secondary N) is 1. The van der Waals surface area contributed by atoms with Gasteiger partial charge in [0.2, 0.25) is 5.91 Å². The smallest absolute Gasteiger partial charge is 0.262 e. The molecule has 3 atom stereocenters. The van der Waals surface area contributed by atoms with Gasteiger partial charge in [0.25, 0.3) is 5.56 Å². The Balaban J connectivity index is 1.87. The van der Waals surface area contributed by atoms with Crippen molar-refractivity contribution in [3.8, 4) is 0 Å². The van der Waals surface area contributed by atoms with Crippen LogP contribution >= 0.6 is 11.8 Å². The van der Waals surface area contributed by atoms with Gasteiger partial charge in [-0.05, 0) is 36.8 Å². The van der Waals surface area contributed by atoms with Crippen LogP contribution in [0.4, 0.5) is 0 Å². The maximum absolute atomic E-state index is 13.4. The molecule has 1 amide bonds. The number of fused-ring (bicyclic) bond motifs is 1. The molecule has 1 saturated carbocycles. The lowest BCUT2D eigenvalue weighted by molar-refractivity contribution is -0.118. The Hall–Kier alpha value is -1.86. The second kappa shape index (κ2) is 10.3. The quantitative estimate of drug-likeness (QED) is 0.403. The first-order valence-electron chi connectivity index (χ1n) is 10.4. The predicted molar refractivity (Wildman–Crippen MR) is 117 cm³/mol. The third kappa shape index (κ3) is 5.20. The summed E-state index contributed by atoms with van der Waals surface area (Å²) < 4.78 is 6.87. The van der Waals surface area contributed by atoms with Crippen LogP contribution in [0.1, 0.15) is 45.6 Å². The maximum Gasteiger partial charge on any atom is 0.262 e. The van der Waals surface area contributed by atoms with E-state index in [0.717, 1.165) is 19.3 Å². The minimum Gasteiger partial charge on any atom is -0.385 e. The van der Waals surface area contributed by atoms with Gasteiger partial charge in [0, 0.05) is 26.3 Å². The van der Waals surface area contributed by atoms with Crippen molar-refractivity contribution in [3.63, 3.8) is 0 Å². The summed E-state index contributed by atoms with van der Waals surface area (Å²) in [5.41, 5.74) is 0.692. The van der Waals surface area contributed by atoms with Gasteiger partial charge < -0.3 is 10.1 Å². The number of hydrogen-bond acceptors (Lipinski definition) is 5. The monoisotopic (exact) mass is 417 g/mol. The number of carbonyl (C=O) groups excluding carboxylic acids is 1. The Morgan fingerprint density at radius 1 is 1.31 bits per heavy atom. The predicted octanol–water partition coefficient (Wildman–Crippen LogP) is 3.64. The zero-order chi connectivity index (χ0) is 20.8. The van der Waals surface area contributed by atoms with Crippen LogP contribution in [0, 0.1) is 11.8 Å². The molecule has 0 saturated heterocycles. The Morgan fingerprint density at radius 2 is 2.10 bits per heavy atom. The summed E-state index contributed by atoms with van der Waals surface area (Å²) in [4.78, 5) is 30.4. The van der Waals surface area contributed by atoms with E-state index in [4.69, 9.17) is 9.72 Å². The first-order chi connectivity index (χ1) is 14.0. The molecule has 1 aliphatic rings. The van der Waals surface area contributed by atoms with E-state index in [1.54, 1.807) is 7.11 Å². The third-order valence-electron chi connectivity index (χ3n) is 5.95. The van der Waals surface area contributed by atoms with Crippen LogP contribution in [0.5, 0.6) is 0 Å². The van der Waals surface area contributed by atoms with Crippen molar-refractivity contribution in [2.75, 3.05) is 26.0 Å². The van der Waals surface area contributed by atoms with Crippen molar-refractivity contribution in [1.29, 1.82) is 0 Å². The van der Waals surface area contributed by atoms with Gasteiger partial charge in [-0.25, -0.2) is 4.98 Å². The van der Waals surface area contributed by atoms with Crippen LogP contribution in [-0.2, 0) is 9.53 Å². The molecule has 29 heavy (non-hydrogen) atoms. The van der Waals surface area contributed by atoms with E-state index in [2.05, 4.69) is 19.2 Å². The maximum atomic E-state index is 13.4. The molecule has 0 aliphatic heterocycles. The van der Waals surface area contributed by atoms with Crippen LogP contribution in [0.15, 0.2) is 34.2 Å². The molecule has 1 fully saturated rings. The lowest BCUT2D eigenvalue weighted by Crippen LogP contribution is -2.35. The van der Waals surface area contributed by atoms with Crippen molar-refractivity contribution >= 4 is 28.6 Å². The van der Waals surface area contributed by atoms with Gasteiger partial charge in [-0.3, -0.25) is 14.2 Å². The number of methoxy groups -OCH3 is 1. The van der Waals surface area contributed by atoms with Crippen LogP contribution in [0.3, 0.4) is 0 Å². The number of para-hydroxylation sites is 1. The van der Waals surface area contributed by atoms with Crippen molar-refractivity contribution in [1.82, 2.24) is 14.9 Å². The van der Waals surface area contributed by atoms with Gasteiger partial charge in [-0.2, -0.15) is 0 Å². The first-order valence-corrected chi connectivity index (χ1v) is 11.4. The molecule has 158 valence electrons. The molecule has 0 spiro atoms. The molecular formula is C22H31N3O3S. The fourth-order valence-corrected chi connectivity index (χ4v) is 4.95. The molecular weight excluding hydrogens is 386 g/mol. The number of benzene rings is 1. The van der Waals surface area contributed by atoms with Crippen molar-refractivity contribution in [2.45, 2.75) is 50.7 Å². The summed E-state index contributed by atoms with van der Waals surface area (Å²) in [6.07, 6.45) is 4.06. The zero-order valence-corrected chi connectivity index (χ0v) is 18.3. The summed E-state index contributed by atoms with van der Waals surface area (Å²) in [5, 5.41) is 4.19. The zero-order valence-electron chi connectivity index (χ0n) is 17.5. The van der Waals surface area contributed by atoms with Crippen molar-refractivity contribution < 1.29 is 9.53 Å². The molecule has 2 aromatic rings. The SMILES string of the molecule is COCCCNC(=O)CSc1nc2ccccc2c(=O)n1[C@@H]1CCC[C@H](C)[C@H]1C. The number of rotatable bonds is 8. The van der Waals surface area contributed by atoms with Gasteiger partial charge in [0.05, 0.1) is 16.7 Å². The first kappa shape index (κ1) is 21.8. The van der Waals surface area contributed by atoms with Crippen LogP contribution in [-0.4, -0.2) is 41.5 Å². The average molecular weight is 418 g/mol. The fourth-order valence-electron chi connectivity index (χ4n) is 4.06. The summed E-state index contributed by atoms with van der Waals surface area (Å²) >= 11 is 1.35. The molecule has 7 heteroatoms. The standard InChI is InChI=1S/C22H31N3O3S/c1-15-8-6-11-19(16(15)2)25-21(27)17-9-4-5-10-18(17)24-22(25)29-14-20(26)23-12-7-13-28-3/h4-5,9-10,15-16,19H,6-8,11-14H2,1-3H3,(H,23,26)/t15-,16+,19+/m0/s1. The summed E-state index contributed by atoms with van der Waals surface area (Å²) in [7, 11) is 1.65. The van der Waals surface area contributed by atoms with E-state index >= 15 is 0 Å². The van der Waals surface area contributed by atoms with Gasteiger partial charge in [-0.15, -0.1) is 0 Å². The summed E-state index contributed by atoms with van der Waals surface area (Å²) in [6, 6.07) is 7.60. The van der Waals surface area contributed by atoms with Crippen LogP contribution in [0.2, 0.25) is 0 Å². The second-order valence-corrected chi connectivity index (χ2v) is 8.85. The molecule has 6 nitrogen and oxygen atoms in total. The average Bonchev–Trinajstić information content (AvgIpc) is 2.72. The van der Waals surface area contributed by atoms with Gasteiger partial charge >= 0.3 is 0 Å². The van der Waals surface area contributed by atoms with Gasteiger partial charge in [0.1, 0.15) is 0 Å². The van der Waals surface area contributed by atoms with E-state index in [0.29, 0.717) is 41.0 Å². The highest BCUT2D eigenvalue weighted by Gasteiger charge is 2.31. The van der Waals surface area contributed by atoms with Crippen LogP contribution in [0.25, 0.3) is 10.9 Å². The molecule has 0 unspecified atom stereocenters. The largest absolute Gasteiger partial charge is 0.385 e. The number of aromatic nitrogens is 2. The molecule has 1 N–H and O–H groups in total. The number of amides is 1. The highest BCUT2D eigenvalue weighted by molar-refractivity contribution is 7.99. The summed E-state index contributed by atoms with van der Waals surface area (Å²) in [5.74, 6) is 1.15. The van der Waals surface area contributed by atoms with Crippen molar-refractivity contribution in [3.05, 3.63) is 34.6 Å². The molecule has 0 bridgehead atoms. The van der Waals surface area contributed by atoms with E-state index in [9.17, 15) is 9.59 Å². The molecule has 1 aromatic heterocycles. The Labute approximate surface area is 176 Å². The second-order valence-electron chi connectivity index (χ2n) is 7.91. The minimum atomic E-state index is -0.0508. The lowest BCUT2D eigenvalue weighted by atomic mass is 9.78. The number of hydrogen-bond donors (Lipinski definition) is 1. The van der Waals surface area contributed by atoms with E-state index < -0.39 is 0 Å². The number of thioether (sulfide) groups is 1. The summed E-state index contributed by atoms with van der Waals surface area (Å²) in [6.45, 7) is 5.70. The molecule has 1 aromatic carbocycles. The molecule has 3 rings (SSSR count). The topological polar surface area (TPSA) is 73.2 Å². The normalized spacial score (nSPS) is 22.0. The fraction of sp³-hybridized carbons (Fsp3) is 0.591. The van der Waals surface area contributed by atoms with E-state index in [1.165, 1.54) is 18.2 Å². The third-order valence-corrected chi connectivity index (χ3v) is 6.90. The van der Waals surface area contributed by atoms with Crippen LogP contribution < -0.4 is 10.9 Å². The Kier molecular flexibility index (Phi) is 7.72. The van der Waals surface area contributed by atoms with E-state index in [-0.39, 0.29) is 23.3 Å². The Bertz CT molecular complexity index is 898. The minimum absolute atomic E-state index is 0.00422. The van der Waals surface area contributed by atoms with Gasteiger partial charge in [-0.1, -0.05) is 50.6 Å². The lowest BCUT2D eigenvalue weighted by Gasteiger charge is -2.36. The number of ether oxygens (including phenoxy) is 1. The highest BCUT2D eigenvalue weighted by atomic mass is 32.2. The number of carbonyl (C=O) groups is 1. The van der Waals surface area contributed by atoms with E-state index in [1.807, 2.05) is 28.8 Å². The molecule has 1 heterocycles. The van der Waals surface area contributed by atoms with Gasteiger partial charge in [0.15, 0.2) is 5.16 Å². The Morgan fingerprint density at radius 3 is 2.90 bits per heavy atom.